The van der Waals surface area contributed by atoms with Gasteiger partial charge in [-0.3, -0.25) is 0 Å². The third-order valence-electron chi connectivity index (χ3n) is 3.32. The number of benzene rings is 2. The fourth-order valence-electron chi connectivity index (χ4n) is 2.47. The number of hydrogen-bond donors (Lipinski definition) is 0. The minimum Gasteiger partial charge on any atom is -0.492 e. The van der Waals surface area contributed by atoms with Gasteiger partial charge in [-0.1, -0.05) is 18.2 Å². The molecule has 0 aliphatic heterocycles. The van der Waals surface area contributed by atoms with Gasteiger partial charge in [-0.25, -0.2) is 4.98 Å². The van der Waals surface area contributed by atoms with Crippen molar-refractivity contribution in [3.8, 4) is 5.75 Å². The normalized spacial score (nSPS) is 10.9. The minimum absolute atomic E-state index is 0.642. The molecule has 102 valence electrons. The lowest BCUT2D eigenvalue weighted by Crippen LogP contribution is -2.07. The lowest BCUT2D eigenvalue weighted by atomic mass is 10.1. The van der Waals surface area contributed by atoms with Gasteiger partial charge >= 0.3 is 0 Å². The molecule has 0 N–H and O–H groups in total. The number of imidazole rings is 1. The Bertz CT molecular complexity index is 710. The molecule has 3 rings (SSSR count). The Kier molecular flexibility index (Phi) is 3.42. The number of nitrogens with zero attached hydrogens (tertiary/aromatic N) is 2. The summed E-state index contributed by atoms with van der Waals surface area (Å²) >= 11 is 0. The van der Waals surface area contributed by atoms with Gasteiger partial charge < -0.3 is 9.30 Å². The SMILES string of the molecule is Cc1cc(C)cc(OCCn2cnc3ccccc32)c1. The van der Waals surface area contributed by atoms with E-state index in [1.165, 1.54) is 11.1 Å². The van der Waals surface area contributed by atoms with Gasteiger partial charge in [-0.05, 0) is 49.2 Å². The van der Waals surface area contributed by atoms with Crippen molar-refractivity contribution >= 4 is 11.0 Å². The predicted molar refractivity (Wildman–Crippen MR) is 81.1 cm³/mol. The molecule has 0 spiro atoms. The van der Waals surface area contributed by atoms with Crippen molar-refractivity contribution in [1.29, 1.82) is 0 Å². The van der Waals surface area contributed by atoms with Crippen molar-refractivity contribution < 1.29 is 4.74 Å². The summed E-state index contributed by atoms with van der Waals surface area (Å²) in [4.78, 5) is 4.38. The third-order valence-corrected chi connectivity index (χ3v) is 3.32. The van der Waals surface area contributed by atoms with Gasteiger partial charge in [-0.15, -0.1) is 0 Å². The zero-order chi connectivity index (χ0) is 13.9. The summed E-state index contributed by atoms with van der Waals surface area (Å²) in [5.74, 6) is 0.937. The van der Waals surface area contributed by atoms with Crippen LogP contribution in [-0.4, -0.2) is 16.2 Å². The Morgan fingerprint density at radius 2 is 1.80 bits per heavy atom. The van der Waals surface area contributed by atoms with Gasteiger partial charge in [0.15, 0.2) is 0 Å². The standard InChI is InChI=1S/C17H18N2O/c1-13-9-14(2)11-15(10-13)20-8-7-19-12-18-16-5-3-4-6-17(16)19/h3-6,9-12H,7-8H2,1-2H3. The summed E-state index contributed by atoms with van der Waals surface area (Å²) < 4.78 is 7.96. The van der Waals surface area contributed by atoms with Crippen molar-refractivity contribution in [3.63, 3.8) is 0 Å². The van der Waals surface area contributed by atoms with Gasteiger partial charge in [0.2, 0.25) is 0 Å². The zero-order valence-corrected chi connectivity index (χ0v) is 11.8. The Balaban J connectivity index is 1.68. The van der Waals surface area contributed by atoms with Gasteiger partial charge in [-0.2, -0.15) is 0 Å². The van der Waals surface area contributed by atoms with E-state index in [2.05, 4.69) is 47.7 Å². The quantitative estimate of drug-likeness (QED) is 0.719. The van der Waals surface area contributed by atoms with Gasteiger partial charge in [0.05, 0.1) is 23.9 Å². The van der Waals surface area contributed by atoms with E-state index >= 15 is 0 Å². The molecule has 3 nitrogen and oxygen atoms in total. The van der Waals surface area contributed by atoms with Crippen molar-refractivity contribution in [1.82, 2.24) is 9.55 Å². The molecule has 3 heteroatoms. The van der Waals surface area contributed by atoms with Gasteiger partial charge in [0.25, 0.3) is 0 Å². The first-order chi connectivity index (χ1) is 9.72. The second-order valence-electron chi connectivity index (χ2n) is 5.10. The molecular weight excluding hydrogens is 248 g/mol. The van der Waals surface area contributed by atoms with Crippen LogP contribution in [0.2, 0.25) is 0 Å². The van der Waals surface area contributed by atoms with Gasteiger partial charge in [0, 0.05) is 0 Å². The third kappa shape index (κ3) is 2.67. The molecule has 0 atom stereocenters. The molecule has 0 saturated carbocycles. The summed E-state index contributed by atoms with van der Waals surface area (Å²) in [7, 11) is 0. The van der Waals surface area contributed by atoms with Crippen LogP contribution in [0.1, 0.15) is 11.1 Å². The van der Waals surface area contributed by atoms with Crippen LogP contribution in [0.15, 0.2) is 48.8 Å². The smallest absolute Gasteiger partial charge is 0.119 e. The summed E-state index contributed by atoms with van der Waals surface area (Å²) in [5, 5.41) is 0. The van der Waals surface area contributed by atoms with Crippen LogP contribution in [-0.2, 0) is 6.54 Å². The summed E-state index contributed by atoms with van der Waals surface area (Å²) in [6, 6.07) is 14.4. The first kappa shape index (κ1) is 12.7. The maximum absolute atomic E-state index is 5.84. The first-order valence-electron chi connectivity index (χ1n) is 6.83. The van der Waals surface area contributed by atoms with Crippen LogP contribution in [0.25, 0.3) is 11.0 Å². The van der Waals surface area contributed by atoms with Crippen LogP contribution in [0.5, 0.6) is 5.75 Å². The van der Waals surface area contributed by atoms with Crippen molar-refractivity contribution in [2.75, 3.05) is 6.61 Å². The fraction of sp³-hybridized carbons (Fsp3) is 0.235. The molecule has 3 aromatic rings. The Morgan fingerprint density at radius 1 is 1.05 bits per heavy atom. The van der Waals surface area contributed by atoms with E-state index in [9.17, 15) is 0 Å². The zero-order valence-electron chi connectivity index (χ0n) is 11.8. The molecule has 1 aromatic heterocycles. The monoisotopic (exact) mass is 266 g/mol. The molecule has 0 amide bonds. The van der Waals surface area contributed by atoms with E-state index in [0.717, 1.165) is 23.3 Å². The van der Waals surface area contributed by atoms with Crippen LogP contribution in [0.3, 0.4) is 0 Å². The molecule has 1 heterocycles. The van der Waals surface area contributed by atoms with Crippen molar-refractivity contribution in [3.05, 3.63) is 59.9 Å². The highest BCUT2D eigenvalue weighted by Crippen LogP contribution is 2.17. The van der Waals surface area contributed by atoms with Crippen molar-refractivity contribution in [2.24, 2.45) is 0 Å². The van der Waals surface area contributed by atoms with Crippen LogP contribution >= 0.6 is 0 Å². The molecule has 2 aromatic carbocycles. The number of fused-ring (bicyclic) bond motifs is 1. The molecular formula is C17H18N2O. The van der Waals surface area contributed by atoms with E-state index < -0.39 is 0 Å². The van der Waals surface area contributed by atoms with Crippen molar-refractivity contribution in [2.45, 2.75) is 20.4 Å². The number of hydrogen-bond acceptors (Lipinski definition) is 2. The first-order valence-corrected chi connectivity index (χ1v) is 6.83. The minimum atomic E-state index is 0.642. The highest BCUT2D eigenvalue weighted by atomic mass is 16.5. The lowest BCUT2D eigenvalue weighted by Gasteiger charge is -2.09. The molecule has 0 aliphatic rings. The Hall–Kier alpha value is -2.29. The highest BCUT2D eigenvalue weighted by Gasteiger charge is 2.02. The van der Waals surface area contributed by atoms with Crippen LogP contribution < -0.4 is 4.74 Å². The summed E-state index contributed by atoms with van der Waals surface area (Å²) in [6.07, 6.45) is 1.87. The van der Waals surface area contributed by atoms with Crippen LogP contribution in [0, 0.1) is 13.8 Å². The average Bonchev–Trinajstić information content (AvgIpc) is 2.81. The second kappa shape index (κ2) is 5.37. The fourth-order valence-corrected chi connectivity index (χ4v) is 2.47. The Morgan fingerprint density at radius 3 is 2.60 bits per heavy atom. The van der Waals surface area contributed by atoms with E-state index in [4.69, 9.17) is 4.74 Å². The molecule has 0 fully saturated rings. The van der Waals surface area contributed by atoms with E-state index in [1.54, 1.807) is 0 Å². The molecule has 0 bridgehead atoms. The number of ether oxygens (including phenoxy) is 1. The molecule has 0 aliphatic carbocycles. The predicted octanol–water partition coefficient (Wildman–Crippen LogP) is 3.73. The molecule has 20 heavy (non-hydrogen) atoms. The van der Waals surface area contributed by atoms with E-state index in [0.29, 0.717) is 6.61 Å². The summed E-state index contributed by atoms with van der Waals surface area (Å²) in [5.41, 5.74) is 4.64. The number of rotatable bonds is 4. The maximum atomic E-state index is 5.84. The van der Waals surface area contributed by atoms with Crippen LogP contribution in [0.4, 0.5) is 0 Å². The average molecular weight is 266 g/mol. The molecule has 0 saturated heterocycles. The lowest BCUT2D eigenvalue weighted by molar-refractivity contribution is 0.300. The number of aromatic nitrogens is 2. The summed E-state index contributed by atoms with van der Waals surface area (Å²) in [6.45, 7) is 5.61. The topological polar surface area (TPSA) is 27.1 Å². The van der Waals surface area contributed by atoms with Gasteiger partial charge in [0.1, 0.15) is 12.4 Å². The second-order valence-corrected chi connectivity index (χ2v) is 5.10. The van der Waals surface area contributed by atoms with E-state index in [-0.39, 0.29) is 0 Å². The highest BCUT2D eigenvalue weighted by molar-refractivity contribution is 5.74. The number of para-hydroxylation sites is 2. The molecule has 0 unspecified atom stereocenters. The number of aryl methyl sites for hydroxylation is 2. The van der Waals surface area contributed by atoms with E-state index in [1.807, 2.05) is 24.5 Å². The maximum Gasteiger partial charge on any atom is 0.119 e. The molecule has 0 radical (unpaired) electrons. The Labute approximate surface area is 118 Å². The largest absolute Gasteiger partial charge is 0.492 e.